The Morgan fingerprint density at radius 1 is 1.38 bits per heavy atom. The van der Waals surface area contributed by atoms with Gasteiger partial charge in [0, 0.05) is 12.4 Å². The summed E-state index contributed by atoms with van der Waals surface area (Å²) < 4.78 is 0. The van der Waals surface area contributed by atoms with Crippen LogP contribution in [0.5, 0.6) is 0 Å². The molecule has 13 heavy (non-hydrogen) atoms. The summed E-state index contributed by atoms with van der Waals surface area (Å²) in [6.45, 7) is 0. The lowest BCUT2D eigenvalue weighted by Crippen LogP contribution is -2.14. The second kappa shape index (κ2) is 3.20. The van der Waals surface area contributed by atoms with Gasteiger partial charge in [-0.3, -0.25) is 4.98 Å². The Hall–Kier alpha value is -1.32. The average molecular weight is 193 g/mol. The van der Waals surface area contributed by atoms with Crippen LogP contribution in [0.3, 0.4) is 0 Å². The zero-order valence-electron chi connectivity index (χ0n) is 6.73. The van der Waals surface area contributed by atoms with Crippen LogP contribution < -0.4 is 16.8 Å². The van der Waals surface area contributed by atoms with E-state index in [9.17, 15) is 0 Å². The molecule has 0 fully saturated rings. The number of nitrogens with two attached hydrogens (primary N) is 1. The van der Waals surface area contributed by atoms with Gasteiger partial charge >= 0.3 is 0 Å². The summed E-state index contributed by atoms with van der Waals surface area (Å²) in [5.74, 6) is 5.89. The summed E-state index contributed by atoms with van der Waals surface area (Å²) in [7, 11) is 2.43. The number of anilines is 1. The molecule has 0 aliphatic heterocycles. The molecule has 2 rings (SSSR count). The number of aromatic nitrogens is 3. The summed E-state index contributed by atoms with van der Waals surface area (Å²) in [4.78, 5) is 12.3. The molecule has 1 atom stereocenters. The fourth-order valence-corrected chi connectivity index (χ4v) is 1.37. The topological polar surface area (TPSA) is 76.7 Å². The van der Waals surface area contributed by atoms with E-state index in [-0.39, 0.29) is 0 Å². The van der Waals surface area contributed by atoms with Gasteiger partial charge in [-0.15, -0.1) is 0 Å². The number of fused-ring (bicyclic) bond motifs is 1. The number of hydrogen-bond donors (Lipinski definition) is 2. The molecule has 2 aromatic rings. The highest BCUT2D eigenvalue weighted by Crippen LogP contribution is 2.15. The first kappa shape index (κ1) is 8.29. The Morgan fingerprint density at radius 2 is 2.23 bits per heavy atom. The van der Waals surface area contributed by atoms with Gasteiger partial charge in [0.2, 0.25) is 0 Å². The maximum Gasteiger partial charge on any atom is 0.153 e. The molecule has 1 unspecified atom stereocenters. The molecule has 6 heteroatoms. The lowest BCUT2D eigenvalue weighted by molar-refractivity contribution is 1.22. The van der Waals surface area contributed by atoms with Crippen molar-refractivity contribution in [1.82, 2.24) is 15.0 Å². The molecule has 2 heterocycles. The van der Waals surface area contributed by atoms with E-state index in [2.05, 4.69) is 29.6 Å². The molecule has 0 bridgehead atoms. The molecule has 0 amide bonds. The number of nitrogens with zero attached hydrogens (tertiary/aromatic N) is 3. The van der Waals surface area contributed by atoms with Gasteiger partial charge in [0.25, 0.3) is 0 Å². The van der Waals surface area contributed by atoms with Gasteiger partial charge in [-0.1, -0.05) is 9.24 Å². The van der Waals surface area contributed by atoms with Crippen LogP contribution in [0.2, 0.25) is 0 Å². The number of hydrazine groups is 1. The molecule has 3 N–H and O–H groups in total. The Morgan fingerprint density at radius 3 is 3.00 bits per heavy atom. The highest BCUT2D eigenvalue weighted by Gasteiger charge is 2.02. The minimum Gasteiger partial charge on any atom is -0.308 e. The summed E-state index contributed by atoms with van der Waals surface area (Å²) in [5.41, 5.74) is 3.93. The van der Waals surface area contributed by atoms with Crippen molar-refractivity contribution >= 4 is 31.5 Å². The van der Waals surface area contributed by atoms with E-state index < -0.39 is 0 Å². The first-order chi connectivity index (χ1) is 6.31. The SMILES string of the molecule is NNc1nc(P)nc2ccncc12. The Kier molecular flexibility index (Phi) is 2.04. The van der Waals surface area contributed by atoms with Crippen molar-refractivity contribution in [2.24, 2.45) is 5.84 Å². The smallest absolute Gasteiger partial charge is 0.153 e. The van der Waals surface area contributed by atoms with Gasteiger partial charge in [-0.05, 0) is 6.07 Å². The highest BCUT2D eigenvalue weighted by molar-refractivity contribution is 7.26. The van der Waals surface area contributed by atoms with E-state index in [0.29, 0.717) is 11.4 Å². The molecule has 0 saturated carbocycles. The maximum atomic E-state index is 5.31. The van der Waals surface area contributed by atoms with Gasteiger partial charge in [0.15, 0.2) is 5.82 Å². The summed E-state index contributed by atoms with van der Waals surface area (Å²) in [6, 6.07) is 1.81. The van der Waals surface area contributed by atoms with E-state index in [1.807, 2.05) is 6.07 Å². The molecule has 0 aliphatic rings. The van der Waals surface area contributed by atoms with Gasteiger partial charge in [0.05, 0.1) is 10.9 Å². The second-order valence-electron chi connectivity index (χ2n) is 2.47. The predicted molar refractivity (Wildman–Crippen MR) is 54.5 cm³/mol. The van der Waals surface area contributed by atoms with Crippen LogP contribution in [0.15, 0.2) is 18.5 Å². The molecule has 66 valence electrons. The normalized spacial score (nSPS) is 10.3. The number of nitrogens with one attached hydrogen (secondary N) is 1. The summed E-state index contributed by atoms with van der Waals surface area (Å²) >= 11 is 0. The van der Waals surface area contributed by atoms with Crippen molar-refractivity contribution < 1.29 is 0 Å². The average Bonchev–Trinajstić information content (AvgIpc) is 2.16. The molecule has 5 nitrogen and oxygen atoms in total. The molecular weight excluding hydrogens is 185 g/mol. The second-order valence-corrected chi connectivity index (χ2v) is 2.98. The Balaban J connectivity index is 2.81. The largest absolute Gasteiger partial charge is 0.308 e. The summed E-state index contributed by atoms with van der Waals surface area (Å²) in [6.07, 6.45) is 3.36. The molecule has 0 spiro atoms. The Labute approximate surface area is 77.0 Å². The number of pyridine rings is 1. The molecule has 0 aromatic carbocycles. The number of rotatable bonds is 1. The van der Waals surface area contributed by atoms with E-state index in [1.54, 1.807) is 12.4 Å². The van der Waals surface area contributed by atoms with Crippen molar-refractivity contribution in [3.05, 3.63) is 18.5 Å². The molecular formula is C7H8N5P. The van der Waals surface area contributed by atoms with Gasteiger partial charge in [0.1, 0.15) is 5.57 Å². The van der Waals surface area contributed by atoms with Crippen LogP contribution in [0.25, 0.3) is 10.9 Å². The van der Waals surface area contributed by atoms with Crippen LogP contribution in [0.1, 0.15) is 0 Å². The summed E-state index contributed by atoms with van der Waals surface area (Å²) in [5, 5.41) is 0.816. The van der Waals surface area contributed by atoms with E-state index >= 15 is 0 Å². The van der Waals surface area contributed by atoms with Crippen LogP contribution in [-0.2, 0) is 0 Å². The third kappa shape index (κ3) is 1.43. The first-order valence-corrected chi connectivity index (χ1v) is 4.23. The Bertz CT molecular complexity index is 444. The standard InChI is InChI=1S/C7H8N5P/c8-12-6-4-3-9-2-1-5(4)10-7(13)11-6/h1-3H,8,13H2,(H,10,11,12). The van der Waals surface area contributed by atoms with Gasteiger partial charge in [-0.25, -0.2) is 15.8 Å². The van der Waals surface area contributed by atoms with Crippen molar-refractivity contribution in [1.29, 1.82) is 0 Å². The molecule has 2 aromatic heterocycles. The molecule has 0 radical (unpaired) electrons. The van der Waals surface area contributed by atoms with Crippen molar-refractivity contribution in [3.63, 3.8) is 0 Å². The van der Waals surface area contributed by atoms with Crippen LogP contribution in [0, 0.1) is 0 Å². The van der Waals surface area contributed by atoms with Crippen LogP contribution in [-0.4, -0.2) is 15.0 Å². The zero-order valence-corrected chi connectivity index (χ0v) is 7.88. The third-order valence-electron chi connectivity index (χ3n) is 1.65. The monoisotopic (exact) mass is 193 g/mol. The molecule has 0 aliphatic carbocycles. The van der Waals surface area contributed by atoms with Crippen molar-refractivity contribution in [2.45, 2.75) is 0 Å². The van der Waals surface area contributed by atoms with Crippen LogP contribution >= 0.6 is 9.24 Å². The predicted octanol–water partition coefficient (Wildman–Crippen LogP) is -0.189. The van der Waals surface area contributed by atoms with Crippen molar-refractivity contribution in [2.75, 3.05) is 5.43 Å². The zero-order chi connectivity index (χ0) is 9.26. The minimum atomic E-state index is 0.586. The fraction of sp³-hybridized carbons (Fsp3) is 0. The lowest BCUT2D eigenvalue weighted by Gasteiger charge is -2.03. The van der Waals surface area contributed by atoms with E-state index in [1.165, 1.54) is 0 Å². The lowest BCUT2D eigenvalue weighted by atomic mass is 10.3. The fourth-order valence-electron chi connectivity index (χ4n) is 1.10. The molecule has 0 saturated heterocycles. The van der Waals surface area contributed by atoms with E-state index in [4.69, 9.17) is 5.84 Å². The van der Waals surface area contributed by atoms with Crippen molar-refractivity contribution in [3.8, 4) is 0 Å². The van der Waals surface area contributed by atoms with Gasteiger partial charge < -0.3 is 5.43 Å². The number of nitrogen functional groups attached to an aromatic ring is 1. The van der Waals surface area contributed by atoms with Gasteiger partial charge in [-0.2, -0.15) is 0 Å². The third-order valence-corrected chi connectivity index (χ3v) is 1.91. The quantitative estimate of drug-likeness (QED) is 0.373. The number of hydrogen-bond acceptors (Lipinski definition) is 5. The minimum absolute atomic E-state index is 0.586. The highest BCUT2D eigenvalue weighted by atomic mass is 31.0. The maximum absolute atomic E-state index is 5.31. The first-order valence-electron chi connectivity index (χ1n) is 3.65. The van der Waals surface area contributed by atoms with Crippen LogP contribution in [0.4, 0.5) is 5.82 Å². The van der Waals surface area contributed by atoms with E-state index in [0.717, 1.165) is 10.9 Å².